The van der Waals surface area contributed by atoms with Crippen LogP contribution in [0.3, 0.4) is 0 Å². The summed E-state index contributed by atoms with van der Waals surface area (Å²) in [4.78, 5) is 0. The van der Waals surface area contributed by atoms with Gasteiger partial charge in [-0.05, 0) is 19.9 Å². The molecule has 1 rings (SSSR count). The fourth-order valence-electron chi connectivity index (χ4n) is 1.81. The van der Waals surface area contributed by atoms with Gasteiger partial charge in [-0.25, -0.2) is 13.1 Å². The Morgan fingerprint density at radius 3 is 2.68 bits per heavy atom. The molecule has 1 unspecified atom stereocenters. The minimum Gasteiger partial charge on any atom is -0.316 e. The van der Waals surface area contributed by atoms with Crippen molar-refractivity contribution < 1.29 is 8.42 Å². The Kier molecular flexibility index (Phi) is 5.96. The Morgan fingerprint density at radius 1 is 1.42 bits per heavy atom. The normalized spacial score (nSPS) is 13.7. The van der Waals surface area contributed by atoms with Crippen LogP contribution < -0.4 is 10.0 Å². The maximum atomic E-state index is 12.0. The molecule has 0 radical (unpaired) electrons. The van der Waals surface area contributed by atoms with Gasteiger partial charge in [0.15, 0.2) is 0 Å². The molecule has 0 fully saturated rings. The number of sulfonamides is 1. The molecule has 0 aliphatic rings. The second-order valence-electron chi connectivity index (χ2n) is 4.61. The second kappa shape index (κ2) is 7.02. The van der Waals surface area contributed by atoms with Crippen LogP contribution in [0.2, 0.25) is 0 Å². The number of aryl methyl sites for hydroxylation is 2. The highest BCUT2D eigenvalue weighted by Crippen LogP contribution is 2.08. The van der Waals surface area contributed by atoms with Gasteiger partial charge < -0.3 is 5.32 Å². The van der Waals surface area contributed by atoms with Crippen LogP contribution in [0.1, 0.15) is 32.0 Å². The van der Waals surface area contributed by atoms with Gasteiger partial charge in [-0.2, -0.15) is 5.10 Å². The van der Waals surface area contributed by atoms with E-state index in [1.54, 1.807) is 11.6 Å². The first-order valence-corrected chi connectivity index (χ1v) is 8.15. The molecule has 7 heteroatoms. The predicted octanol–water partition coefficient (Wildman–Crippen LogP) is 0.400. The Hall–Kier alpha value is -0.920. The number of rotatable bonds is 8. The summed E-state index contributed by atoms with van der Waals surface area (Å²) in [6.07, 6.45) is 2.65. The third-order valence-corrected chi connectivity index (χ3v) is 4.77. The third-order valence-electron chi connectivity index (χ3n) is 3.00. The zero-order chi connectivity index (χ0) is 14.5. The minimum atomic E-state index is -3.30. The van der Waals surface area contributed by atoms with Crippen molar-refractivity contribution in [3.63, 3.8) is 0 Å². The Bertz CT molecular complexity index is 496. The van der Waals surface area contributed by atoms with Gasteiger partial charge >= 0.3 is 0 Å². The monoisotopic (exact) mass is 288 g/mol. The molecular formula is C12H24N4O2S. The Labute approximate surface area is 115 Å². The standard InChI is InChI=1S/C12H24N4O2S/c1-5-12-11(9-16(4)15-12)8-14-19(17,18)10(3)7-13-6-2/h9-10,13-14H,5-8H2,1-4H3. The first kappa shape index (κ1) is 16.1. The number of nitrogens with one attached hydrogen (secondary N) is 2. The third kappa shape index (κ3) is 4.59. The average molecular weight is 288 g/mol. The molecule has 0 aromatic carbocycles. The van der Waals surface area contributed by atoms with Crippen LogP contribution >= 0.6 is 0 Å². The van der Waals surface area contributed by atoms with Crippen LogP contribution in [-0.4, -0.2) is 36.5 Å². The summed E-state index contributed by atoms with van der Waals surface area (Å²) in [6, 6.07) is 0. The van der Waals surface area contributed by atoms with E-state index in [0.717, 1.165) is 24.2 Å². The molecule has 0 aliphatic carbocycles. The maximum absolute atomic E-state index is 12.0. The summed E-state index contributed by atoms with van der Waals surface area (Å²) in [5, 5.41) is 6.89. The van der Waals surface area contributed by atoms with E-state index in [0.29, 0.717) is 13.1 Å². The molecule has 0 amide bonds. The van der Waals surface area contributed by atoms with Gasteiger partial charge in [-0.3, -0.25) is 4.68 Å². The summed E-state index contributed by atoms with van der Waals surface area (Å²) in [6.45, 7) is 7.19. The smallest absolute Gasteiger partial charge is 0.215 e. The van der Waals surface area contributed by atoms with Crippen molar-refractivity contribution in [1.82, 2.24) is 19.8 Å². The fraction of sp³-hybridized carbons (Fsp3) is 0.750. The van der Waals surface area contributed by atoms with Crippen LogP contribution in [0.5, 0.6) is 0 Å². The van der Waals surface area contributed by atoms with Crippen molar-refractivity contribution >= 4 is 10.0 Å². The number of aromatic nitrogens is 2. The molecule has 0 aliphatic heterocycles. The van der Waals surface area contributed by atoms with E-state index in [2.05, 4.69) is 15.1 Å². The second-order valence-corrected chi connectivity index (χ2v) is 6.80. The minimum absolute atomic E-state index is 0.301. The largest absolute Gasteiger partial charge is 0.316 e. The molecular weight excluding hydrogens is 264 g/mol. The van der Waals surface area contributed by atoms with Gasteiger partial charge in [-0.15, -0.1) is 0 Å². The van der Waals surface area contributed by atoms with Gasteiger partial charge in [0.1, 0.15) is 0 Å². The van der Waals surface area contributed by atoms with E-state index in [9.17, 15) is 8.42 Å². The first-order chi connectivity index (χ1) is 8.90. The molecule has 0 spiro atoms. The zero-order valence-corrected chi connectivity index (χ0v) is 12.9. The quantitative estimate of drug-likeness (QED) is 0.726. The van der Waals surface area contributed by atoms with Crippen molar-refractivity contribution in [3.8, 4) is 0 Å². The molecule has 1 aromatic heterocycles. The highest BCUT2D eigenvalue weighted by molar-refractivity contribution is 7.90. The molecule has 2 N–H and O–H groups in total. The summed E-state index contributed by atoms with van der Waals surface area (Å²) in [7, 11) is -1.46. The fourth-order valence-corrected chi connectivity index (χ4v) is 2.79. The van der Waals surface area contributed by atoms with Gasteiger partial charge in [0.25, 0.3) is 0 Å². The van der Waals surface area contributed by atoms with Gasteiger partial charge in [0, 0.05) is 31.9 Å². The van der Waals surface area contributed by atoms with E-state index in [1.165, 1.54) is 0 Å². The summed E-state index contributed by atoms with van der Waals surface area (Å²) in [5.74, 6) is 0. The Balaban J connectivity index is 2.64. The van der Waals surface area contributed by atoms with Crippen LogP contribution in [-0.2, 0) is 30.0 Å². The van der Waals surface area contributed by atoms with Crippen molar-refractivity contribution in [1.29, 1.82) is 0 Å². The lowest BCUT2D eigenvalue weighted by atomic mass is 10.2. The lowest BCUT2D eigenvalue weighted by Crippen LogP contribution is -2.38. The zero-order valence-electron chi connectivity index (χ0n) is 12.1. The average Bonchev–Trinajstić information content (AvgIpc) is 2.74. The summed E-state index contributed by atoms with van der Waals surface area (Å²) in [5.41, 5.74) is 1.87. The maximum Gasteiger partial charge on any atom is 0.215 e. The van der Waals surface area contributed by atoms with E-state index < -0.39 is 15.3 Å². The van der Waals surface area contributed by atoms with Gasteiger partial charge in [-0.1, -0.05) is 13.8 Å². The molecule has 0 saturated heterocycles. The van der Waals surface area contributed by atoms with Crippen molar-refractivity contribution in [2.24, 2.45) is 7.05 Å². The van der Waals surface area contributed by atoms with Crippen molar-refractivity contribution in [3.05, 3.63) is 17.5 Å². The molecule has 110 valence electrons. The predicted molar refractivity (Wildman–Crippen MR) is 76.4 cm³/mol. The lowest BCUT2D eigenvalue weighted by Gasteiger charge is -2.14. The molecule has 0 bridgehead atoms. The SMILES string of the molecule is CCNCC(C)S(=O)(=O)NCc1cn(C)nc1CC. The number of hydrogen-bond acceptors (Lipinski definition) is 4. The lowest BCUT2D eigenvalue weighted by molar-refractivity contribution is 0.559. The van der Waals surface area contributed by atoms with Crippen molar-refractivity contribution in [2.45, 2.75) is 39.0 Å². The number of hydrogen-bond donors (Lipinski definition) is 2. The topological polar surface area (TPSA) is 76.0 Å². The first-order valence-electron chi connectivity index (χ1n) is 6.61. The molecule has 1 aromatic rings. The van der Waals surface area contributed by atoms with E-state index in [1.807, 2.05) is 27.1 Å². The van der Waals surface area contributed by atoms with Crippen molar-refractivity contribution in [2.75, 3.05) is 13.1 Å². The van der Waals surface area contributed by atoms with E-state index >= 15 is 0 Å². The van der Waals surface area contributed by atoms with Crippen LogP contribution in [0.15, 0.2) is 6.20 Å². The Morgan fingerprint density at radius 2 is 2.11 bits per heavy atom. The van der Waals surface area contributed by atoms with Crippen LogP contribution in [0, 0.1) is 0 Å². The van der Waals surface area contributed by atoms with E-state index in [-0.39, 0.29) is 0 Å². The molecule has 6 nitrogen and oxygen atoms in total. The summed E-state index contributed by atoms with van der Waals surface area (Å²) >= 11 is 0. The molecule has 1 heterocycles. The van der Waals surface area contributed by atoms with Crippen LogP contribution in [0.25, 0.3) is 0 Å². The highest BCUT2D eigenvalue weighted by atomic mass is 32.2. The van der Waals surface area contributed by atoms with E-state index in [4.69, 9.17) is 0 Å². The van der Waals surface area contributed by atoms with Crippen LogP contribution in [0.4, 0.5) is 0 Å². The molecule has 1 atom stereocenters. The number of nitrogens with zero attached hydrogens (tertiary/aromatic N) is 2. The highest BCUT2D eigenvalue weighted by Gasteiger charge is 2.20. The molecule has 0 saturated carbocycles. The molecule has 19 heavy (non-hydrogen) atoms. The summed E-state index contributed by atoms with van der Waals surface area (Å²) < 4.78 is 28.4. The van der Waals surface area contributed by atoms with Gasteiger partial charge in [0.05, 0.1) is 10.9 Å². The van der Waals surface area contributed by atoms with Gasteiger partial charge in [0.2, 0.25) is 10.0 Å².